The highest BCUT2D eigenvalue weighted by atomic mass is 19.3. The number of H-pyrrole nitrogens is 1. The summed E-state index contributed by atoms with van der Waals surface area (Å²) in [5.41, 5.74) is 3.34. The molecule has 1 atom stereocenters. The number of anilines is 2. The second-order valence-corrected chi connectivity index (χ2v) is 11.7. The van der Waals surface area contributed by atoms with Crippen LogP contribution in [0.15, 0.2) is 48.9 Å². The number of piperazine rings is 1. The van der Waals surface area contributed by atoms with Crippen molar-refractivity contribution in [2.75, 3.05) is 38.1 Å². The summed E-state index contributed by atoms with van der Waals surface area (Å²) >= 11 is 0. The van der Waals surface area contributed by atoms with E-state index in [0.29, 0.717) is 30.5 Å². The lowest BCUT2D eigenvalue weighted by atomic mass is 10.1. The van der Waals surface area contributed by atoms with Crippen molar-refractivity contribution >= 4 is 28.9 Å². The Labute approximate surface area is 248 Å². The zero-order valence-corrected chi connectivity index (χ0v) is 24.9. The first kappa shape index (κ1) is 30.1. The molecular weight excluding hydrogens is 558 g/mol. The van der Waals surface area contributed by atoms with Crippen molar-refractivity contribution in [1.29, 1.82) is 0 Å². The average molecular weight is 595 g/mol. The number of halogens is 2. The number of fused-ring (bicyclic) bond motifs is 1. The van der Waals surface area contributed by atoms with Gasteiger partial charge in [0.1, 0.15) is 17.7 Å². The average Bonchev–Trinajstić information content (AvgIpc) is 3.36. The van der Waals surface area contributed by atoms with Crippen LogP contribution in [0, 0.1) is 0 Å². The molecule has 3 aromatic heterocycles. The van der Waals surface area contributed by atoms with Gasteiger partial charge in [0.2, 0.25) is 11.8 Å². The molecule has 1 aromatic carbocycles. The standard InChI is InChI=1S/C30H36F2N8O3/c1-19(39-10-12-40(13-11-39)28(41)43-29(2,3)4)20-8-9-33-25(15-20)38-27-36-22-7-6-21(14-24(22)37-27)23-16-26(35-18-34-23)42-17-30(5,31)32/h6-9,14-16,18-19H,10-13,17H2,1-5H3,(H2,33,36,37,38). The lowest BCUT2D eigenvalue weighted by Crippen LogP contribution is -2.50. The zero-order valence-electron chi connectivity index (χ0n) is 24.9. The number of carbonyl (C=O) groups excluding carboxylic acids is 1. The molecule has 4 heterocycles. The summed E-state index contributed by atoms with van der Waals surface area (Å²) in [5.74, 6) is -1.73. The maximum absolute atomic E-state index is 13.2. The third kappa shape index (κ3) is 7.92. The van der Waals surface area contributed by atoms with Gasteiger partial charge in [0, 0.05) is 57.0 Å². The summed E-state index contributed by atoms with van der Waals surface area (Å²) in [4.78, 5) is 37.1. The van der Waals surface area contributed by atoms with Gasteiger partial charge in [-0.1, -0.05) is 6.07 Å². The quantitative estimate of drug-likeness (QED) is 0.260. The fourth-order valence-corrected chi connectivity index (χ4v) is 4.73. The van der Waals surface area contributed by atoms with Crippen LogP contribution in [0.5, 0.6) is 5.88 Å². The van der Waals surface area contributed by atoms with Crippen molar-refractivity contribution < 1.29 is 23.0 Å². The van der Waals surface area contributed by atoms with Crippen molar-refractivity contribution in [2.45, 2.75) is 52.2 Å². The fraction of sp³-hybridized carbons (Fsp3) is 0.433. The number of hydrogen-bond donors (Lipinski definition) is 2. The van der Waals surface area contributed by atoms with Crippen LogP contribution >= 0.6 is 0 Å². The van der Waals surface area contributed by atoms with Crippen LogP contribution in [0.1, 0.15) is 46.2 Å². The Morgan fingerprint density at radius 3 is 2.53 bits per heavy atom. The molecule has 1 aliphatic heterocycles. The highest BCUT2D eigenvalue weighted by molar-refractivity contribution is 5.83. The van der Waals surface area contributed by atoms with Crippen LogP contribution < -0.4 is 10.1 Å². The first-order chi connectivity index (χ1) is 20.3. The van der Waals surface area contributed by atoms with Gasteiger partial charge in [-0.15, -0.1) is 0 Å². The minimum absolute atomic E-state index is 0.0729. The fourth-order valence-electron chi connectivity index (χ4n) is 4.73. The van der Waals surface area contributed by atoms with Gasteiger partial charge in [0.25, 0.3) is 5.92 Å². The van der Waals surface area contributed by atoms with E-state index in [-0.39, 0.29) is 18.0 Å². The maximum Gasteiger partial charge on any atom is 0.410 e. The number of amides is 1. The number of carbonyl (C=O) groups is 1. The number of nitrogens with zero attached hydrogens (tertiary/aromatic N) is 6. The number of nitrogens with one attached hydrogen (secondary N) is 2. The van der Waals surface area contributed by atoms with Crippen molar-refractivity contribution in [2.24, 2.45) is 0 Å². The summed E-state index contributed by atoms with van der Waals surface area (Å²) in [5, 5.41) is 3.25. The monoisotopic (exact) mass is 594 g/mol. The molecule has 43 heavy (non-hydrogen) atoms. The molecule has 1 aliphatic rings. The smallest absolute Gasteiger partial charge is 0.410 e. The number of hydrogen-bond acceptors (Lipinski definition) is 9. The SMILES string of the molecule is CC(c1ccnc(Nc2nc3ccc(-c4cc(OCC(C)(F)F)ncn4)cc3[nH]2)c1)N1CCN(C(=O)OC(C)(C)C)CC1. The van der Waals surface area contributed by atoms with Gasteiger partial charge in [-0.3, -0.25) is 4.90 Å². The van der Waals surface area contributed by atoms with Crippen molar-refractivity contribution in [3.63, 3.8) is 0 Å². The van der Waals surface area contributed by atoms with Crippen molar-refractivity contribution in [3.8, 4) is 17.1 Å². The molecule has 0 saturated carbocycles. The molecule has 1 unspecified atom stereocenters. The van der Waals surface area contributed by atoms with E-state index in [9.17, 15) is 13.6 Å². The molecule has 0 bridgehead atoms. The number of pyridine rings is 1. The Kier molecular flexibility index (Phi) is 8.45. The zero-order chi connectivity index (χ0) is 30.8. The summed E-state index contributed by atoms with van der Waals surface area (Å²) in [7, 11) is 0. The van der Waals surface area contributed by atoms with E-state index in [4.69, 9.17) is 9.47 Å². The van der Waals surface area contributed by atoms with E-state index >= 15 is 0 Å². The topological polar surface area (TPSA) is 121 Å². The lowest BCUT2D eigenvalue weighted by Gasteiger charge is -2.38. The predicted octanol–water partition coefficient (Wildman–Crippen LogP) is 5.81. The molecule has 0 radical (unpaired) electrons. The van der Waals surface area contributed by atoms with E-state index in [1.807, 2.05) is 51.1 Å². The molecule has 5 rings (SSSR count). The van der Waals surface area contributed by atoms with Gasteiger partial charge in [-0.2, -0.15) is 0 Å². The molecule has 1 saturated heterocycles. The Balaban J connectivity index is 1.23. The van der Waals surface area contributed by atoms with E-state index in [1.165, 1.54) is 12.4 Å². The number of rotatable bonds is 8. The number of benzene rings is 1. The van der Waals surface area contributed by atoms with Crippen molar-refractivity contribution in [1.82, 2.24) is 34.7 Å². The van der Waals surface area contributed by atoms with Crippen LogP contribution in [0.3, 0.4) is 0 Å². The van der Waals surface area contributed by atoms with E-state index in [0.717, 1.165) is 42.2 Å². The number of imidazole rings is 1. The van der Waals surface area contributed by atoms with Gasteiger partial charge < -0.3 is 24.7 Å². The van der Waals surface area contributed by atoms with Crippen LogP contribution in [0.25, 0.3) is 22.3 Å². The van der Waals surface area contributed by atoms with Crippen molar-refractivity contribution in [3.05, 3.63) is 54.5 Å². The summed E-state index contributed by atoms with van der Waals surface area (Å²) in [6, 6.07) is 11.2. The first-order valence-corrected chi connectivity index (χ1v) is 14.1. The summed E-state index contributed by atoms with van der Waals surface area (Å²) in [6.07, 6.45) is 2.77. The number of aromatic amines is 1. The van der Waals surface area contributed by atoms with E-state index < -0.39 is 18.1 Å². The Bertz CT molecular complexity index is 1580. The predicted molar refractivity (Wildman–Crippen MR) is 159 cm³/mol. The number of alkyl halides is 2. The highest BCUT2D eigenvalue weighted by Gasteiger charge is 2.28. The van der Waals surface area contributed by atoms with E-state index in [2.05, 4.69) is 42.1 Å². The molecule has 4 aromatic rings. The minimum atomic E-state index is -2.96. The minimum Gasteiger partial charge on any atom is -0.471 e. The van der Waals surface area contributed by atoms with Crippen LogP contribution in [0.2, 0.25) is 0 Å². The second kappa shape index (κ2) is 12.1. The number of aromatic nitrogens is 5. The van der Waals surface area contributed by atoms with E-state index in [1.54, 1.807) is 11.1 Å². The van der Waals surface area contributed by atoms with Gasteiger partial charge in [-0.05, 0) is 57.5 Å². The second-order valence-electron chi connectivity index (χ2n) is 11.7. The molecule has 1 amide bonds. The highest BCUT2D eigenvalue weighted by Crippen LogP contribution is 2.27. The molecule has 13 heteroatoms. The Morgan fingerprint density at radius 2 is 1.81 bits per heavy atom. The van der Waals surface area contributed by atoms with Crippen LogP contribution in [0.4, 0.5) is 25.3 Å². The Morgan fingerprint density at radius 1 is 1.05 bits per heavy atom. The maximum atomic E-state index is 13.2. The molecule has 0 aliphatic carbocycles. The third-order valence-corrected chi connectivity index (χ3v) is 6.92. The molecule has 0 spiro atoms. The summed E-state index contributed by atoms with van der Waals surface area (Å²) < 4.78 is 37.0. The van der Waals surface area contributed by atoms with Gasteiger partial charge in [-0.25, -0.2) is 33.5 Å². The molecule has 2 N–H and O–H groups in total. The molecule has 228 valence electrons. The summed E-state index contributed by atoms with van der Waals surface area (Å²) in [6.45, 7) is 10.5. The van der Waals surface area contributed by atoms with Gasteiger partial charge in [0.05, 0.1) is 16.7 Å². The molecule has 1 fully saturated rings. The normalized spacial score (nSPS) is 15.4. The third-order valence-electron chi connectivity index (χ3n) is 6.92. The lowest BCUT2D eigenvalue weighted by molar-refractivity contribution is -0.0242. The van der Waals surface area contributed by atoms with Gasteiger partial charge in [0.15, 0.2) is 6.61 Å². The molecule has 11 nitrogen and oxygen atoms in total. The van der Waals surface area contributed by atoms with Crippen LogP contribution in [-0.4, -0.2) is 85.1 Å². The molecular formula is C30H36F2N8O3. The Hall–Kier alpha value is -4.39. The van der Waals surface area contributed by atoms with Crippen LogP contribution in [-0.2, 0) is 4.74 Å². The largest absolute Gasteiger partial charge is 0.471 e. The first-order valence-electron chi connectivity index (χ1n) is 14.1. The number of ether oxygens (including phenoxy) is 2. The van der Waals surface area contributed by atoms with Gasteiger partial charge >= 0.3 is 6.09 Å².